The molecule has 0 radical (unpaired) electrons. The van der Waals surface area contributed by atoms with E-state index in [-0.39, 0.29) is 67.1 Å². The van der Waals surface area contributed by atoms with Gasteiger partial charge in [-0.3, -0.25) is 29.8 Å². The van der Waals surface area contributed by atoms with Crippen LogP contribution < -0.4 is 31.9 Å². The Morgan fingerprint density at radius 2 is 0.763 bits per heavy atom. The smallest absolute Gasteiger partial charge is 0.325 e. The van der Waals surface area contributed by atoms with E-state index in [1.165, 1.54) is 102 Å². The van der Waals surface area contributed by atoms with Crippen molar-refractivity contribution >= 4 is 126 Å². The van der Waals surface area contributed by atoms with Gasteiger partial charge >= 0.3 is 6.03 Å². The molecule has 6 N–H and O–H groups in total. The highest BCUT2D eigenvalue weighted by molar-refractivity contribution is 7.86. The van der Waals surface area contributed by atoms with Crippen LogP contribution >= 0.6 is 0 Å². The Kier molecular flexibility index (Phi) is 13.8. The summed E-state index contributed by atoms with van der Waals surface area (Å²) in [5.41, 5.74) is -1.08. The van der Waals surface area contributed by atoms with Gasteiger partial charge in [-0.05, 0) is 82.9 Å². The number of nitrogens with zero attached hydrogens (tertiary/aromatic N) is 4. The van der Waals surface area contributed by atoms with Crippen LogP contribution in [0.15, 0.2) is 129 Å². The number of fused-ring (bicyclic) bond motifs is 2. The minimum Gasteiger partial charge on any atom is -0.744 e. The lowest BCUT2D eigenvalue weighted by Gasteiger charge is -2.17. The molecule has 0 bridgehead atoms. The summed E-state index contributed by atoms with van der Waals surface area (Å²) in [5, 5.41) is 14.8. The molecule has 76 heavy (non-hydrogen) atoms. The highest BCUT2D eigenvalue weighted by Crippen LogP contribution is 2.34. The lowest BCUT2D eigenvalue weighted by Crippen LogP contribution is -2.22. The molecule has 0 spiro atoms. The van der Waals surface area contributed by atoms with E-state index in [0.29, 0.717) is 0 Å². The Bertz CT molecular complexity index is 4290. The van der Waals surface area contributed by atoms with E-state index in [1.807, 2.05) is 0 Å². The molecule has 0 aliphatic heterocycles. The van der Waals surface area contributed by atoms with E-state index in [0.717, 1.165) is 54.6 Å². The van der Waals surface area contributed by atoms with Crippen LogP contribution in [0.3, 0.4) is 0 Å². The lowest BCUT2D eigenvalue weighted by atomic mass is 10.1. The largest absolute Gasteiger partial charge is 0.744 e. The summed E-state index contributed by atoms with van der Waals surface area (Å²) in [4.78, 5) is 63.6. The molecule has 8 aromatic rings. The molecular formula is C45H36N10O17S4-4. The number of anilines is 6. The molecule has 4 aromatic heterocycles. The predicted octanol–water partition coefficient (Wildman–Crippen LogP) is 3.62. The number of carbonyl (C=O) groups excluding carboxylic acids is 5. The van der Waals surface area contributed by atoms with Crippen LogP contribution in [-0.2, 0) is 68.7 Å². The molecule has 0 saturated carbocycles. The molecule has 4 aromatic carbocycles. The summed E-state index contributed by atoms with van der Waals surface area (Å²) in [6, 6.07) is 14.2. The van der Waals surface area contributed by atoms with E-state index >= 15 is 0 Å². The van der Waals surface area contributed by atoms with Gasteiger partial charge in [0, 0.05) is 58.4 Å². The van der Waals surface area contributed by atoms with Crippen LogP contribution in [0, 0.1) is 0 Å². The van der Waals surface area contributed by atoms with Gasteiger partial charge in [-0.1, -0.05) is 18.2 Å². The molecule has 0 unspecified atom stereocenters. The maximum absolute atomic E-state index is 13.4. The molecule has 0 fully saturated rings. The van der Waals surface area contributed by atoms with E-state index in [9.17, 15) is 75.9 Å². The fourth-order valence-electron chi connectivity index (χ4n) is 7.80. The third-order valence-corrected chi connectivity index (χ3v) is 15.0. The number of urea groups is 1. The summed E-state index contributed by atoms with van der Waals surface area (Å²) >= 11 is 0. The van der Waals surface area contributed by atoms with Crippen LogP contribution in [0.5, 0.6) is 0 Å². The number of amides is 6. The Labute approximate surface area is 430 Å². The number of nitrogens with one attached hydrogen (secondary N) is 6. The summed E-state index contributed by atoms with van der Waals surface area (Å²) in [5.74, 6) is -2.82. The molecule has 0 aliphatic carbocycles. The van der Waals surface area contributed by atoms with Crippen molar-refractivity contribution in [3.63, 3.8) is 0 Å². The number of rotatable bonds is 14. The fourth-order valence-corrected chi connectivity index (χ4v) is 10.3. The van der Waals surface area contributed by atoms with E-state index in [2.05, 4.69) is 31.9 Å². The molecule has 6 amide bonds. The SMILES string of the molecule is Cn1cc(C(=O)Nc2cc(C(=O)Nc3cc4cc(S(=O)(=O)[O-])ccc4cc3S(=O)(=O)[O-])cn2C)cc1NC(=O)Nc1cc(C(=O)Nc2cc(C(=O)Nc3ccc4cc(S(=O)(=O)[O-])ccc4c3S(=O)(=O)[O-])cn2C)cn1C. The first-order valence-corrected chi connectivity index (χ1v) is 26.9. The number of hydrogen-bond acceptors (Lipinski definition) is 17. The average Bonchev–Trinajstić information content (AvgIpc) is 4.09. The van der Waals surface area contributed by atoms with Gasteiger partial charge < -0.3 is 57.7 Å². The Balaban J connectivity index is 0.891. The second kappa shape index (κ2) is 19.5. The molecule has 0 atom stereocenters. The fraction of sp³-hybridized carbons (Fsp3) is 0.0889. The summed E-state index contributed by atoms with van der Waals surface area (Å²) in [7, 11) is -14.3. The molecule has 8 rings (SSSR count). The molecular weight excluding hydrogens is 1080 g/mol. The molecule has 0 saturated heterocycles. The van der Waals surface area contributed by atoms with Crippen LogP contribution in [0.4, 0.5) is 39.4 Å². The Hall–Kier alpha value is -8.69. The van der Waals surface area contributed by atoms with Crippen molar-refractivity contribution in [2.24, 2.45) is 28.2 Å². The quantitative estimate of drug-likeness (QED) is 0.0847. The van der Waals surface area contributed by atoms with E-state index < -0.39 is 101 Å². The summed E-state index contributed by atoms with van der Waals surface area (Å²) in [6.45, 7) is 0. The molecule has 0 aliphatic rings. The Morgan fingerprint density at radius 1 is 0.382 bits per heavy atom. The lowest BCUT2D eigenvalue weighted by molar-refractivity contribution is 0.101. The Morgan fingerprint density at radius 3 is 1.18 bits per heavy atom. The van der Waals surface area contributed by atoms with E-state index in [4.69, 9.17) is 0 Å². The third-order valence-electron chi connectivity index (χ3n) is 11.5. The zero-order chi connectivity index (χ0) is 55.6. The zero-order valence-electron chi connectivity index (χ0n) is 39.3. The van der Waals surface area contributed by atoms with Gasteiger partial charge in [0.05, 0.1) is 53.2 Å². The average molecular weight is 1120 g/mol. The number of aryl methyl sites for hydroxylation is 4. The maximum Gasteiger partial charge on any atom is 0.325 e. The third kappa shape index (κ3) is 11.3. The first-order chi connectivity index (χ1) is 35.3. The maximum atomic E-state index is 13.4. The standard InChI is InChI=1S/C45H40N10O17S4/c1-52-19-26(41(56)46-33-10-6-24-11-31(74(64,65)66)8-9-32(24)40(33)76(70,71)72)15-36(52)48-43(58)28-17-38(54(3)21-28)50-45(60)51-39-18-29(22-55(39)4)44(59)49-37-16-27(20-53(37)2)42(57)47-34-13-25-12-30(73(61,62)63)7-5-23(25)14-35(34)75(67,68)69/h5-22H,1-4H3,(H,46,56)(H,47,57)(H,48,58)(H,49,59)(H2,50,51,60)(H,61,62,63)(H,64,65,66)(H,67,68,69)(H,70,71,72)/p-4. The topological polar surface area (TPSA) is 406 Å². The zero-order valence-corrected chi connectivity index (χ0v) is 42.5. The number of aromatic nitrogens is 4. The van der Waals surface area contributed by atoms with Crippen LogP contribution in [0.25, 0.3) is 21.5 Å². The highest BCUT2D eigenvalue weighted by atomic mass is 32.2. The van der Waals surface area contributed by atoms with Crippen LogP contribution in [0.2, 0.25) is 0 Å². The van der Waals surface area contributed by atoms with Crippen molar-refractivity contribution in [1.29, 1.82) is 0 Å². The van der Waals surface area contributed by atoms with Gasteiger partial charge in [-0.15, -0.1) is 0 Å². The van der Waals surface area contributed by atoms with Crippen molar-refractivity contribution in [1.82, 2.24) is 18.3 Å². The minimum absolute atomic E-state index is 0.0220. The number of carbonyl (C=O) groups is 5. The monoisotopic (exact) mass is 1120 g/mol. The number of hydrogen-bond donors (Lipinski definition) is 6. The van der Waals surface area contributed by atoms with E-state index in [1.54, 1.807) is 0 Å². The van der Waals surface area contributed by atoms with Gasteiger partial charge in [0.15, 0.2) is 0 Å². The summed E-state index contributed by atoms with van der Waals surface area (Å²) in [6.07, 6.45) is 5.32. The van der Waals surface area contributed by atoms with Gasteiger partial charge in [-0.2, -0.15) is 0 Å². The van der Waals surface area contributed by atoms with Crippen molar-refractivity contribution < 1.29 is 75.9 Å². The van der Waals surface area contributed by atoms with Gasteiger partial charge in [0.1, 0.15) is 63.7 Å². The predicted molar refractivity (Wildman–Crippen MR) is 266 cm³/mol. The first-order valence-electron chi connectivity index (χ1n) is 21.3. The van der Waals surface area contributed by atoms with Gasteiger partial charge in [0.2, 0.25) is 0 Å². The van der Waals surface area contributed by atoms with Crippen molar-refractivity contribution in [3.8, 4) is 0 Å². The van der Waals surface area contributed by atoms with Crippen molar-refractivity contribution in [3.05, 3.63) is 132 Å². The first kappa shape index (κ1) is 53.6. The van der Waals surface area contributed by atoms with Crippen molar-refractivity contribution in [2.45, 2.75) is 19.6 Å². The molecule has 396 valence electrons. The van der Waals surface area contributed by atoms with Gasteiger partial charge in [-0.25, -0.2) is 38.5 Å². The summed E-state index contributed by atoms with van der Waals surface area (Å²) < 4.78 is 148. The van der Waals surface area contributed by atoms with Crippen LogP contribution in [0.1, 0.15) is 41.4 Å². The normalized spacial score (nSPS) is 12.1. The minimum atomic E-state index is -5.29. The van der Waals surface area contributed by atoms with Crippen molar-refractivity contribution in [2.75, 3.05) is 31.9 Å². The number of benzene rings is 4. The second-order valence-electron chi connectivity index (χ2n) is 16.8. The second-order valence-corrected chi connectivity index (χ2v) is 22.2. The molecule has 31 heteroatoms. The highest BCUT2D eigenvalue weighted by Gasteiger charge is 2.23. The van der Waals surface area contributed by atoms with Crippen LogP contribution in [-0.4, -0.2) is 99.8 Å². The molecule has 4 heterocycles. The van der Waals surface area contributed by atoms with Gasteiger partial charge in [0.25, 0.3) is 23.6 Å². The molecule has 27 nitrogen and oxygen atoms in total.